The van der Waals surface area contributed by atoms with Crippen molar-refractivity contribution in [3.05, 3.63) is 40.0 Å². The molecular formula is C26H38ClN5O5. The Labute approximate surface area is 223 Å². The Morgan fingerprint density at radius 3 is 2.43 bits per heavy atom. The number of benzene rings is 1. The summed E-state index contributed by atoms with van der Waals surface area (Å²) < 4.78 is 20.0. The van der Waals surface area contributed by atoms with Gasteiger partial charge in [-0.3, -0.25) is 10.2 Å². The van der Waals surface area contributed by atoms with Gasteiger partial charge in [-0.1, -0.05) is 27.7 Å². The van der Waals surface area contributed by atoms with E-state index in [2.05, 4.69) is 10.2 Å². The second-order valence-corrected chi connectivity index (χ2v) is 9.57. The fraction of sp³-hybridized carbons (Fsp3) is 0.538. The standard InChI is InChI=1S/C26H37N5O5.ClH/c1-8-18-16(3)23-28-30(25(27)31(23)29-24(18)35-9-2)15-20(33)17-13-19(26(4,5)6)22(34-7)21(14-17)36-12-10-11-32;/h13-14,27,32H,8-12,15H2,1-7H3;1H. The molecule has 204 valence electrons. The van der Waals surface area contributed by atoms with Gasteiger partial charge in [0.25, 0.3) is 0 Å². The summed E-state index contributed by atoms with van der Waals surface area (Å²) >= 11 is 0. The SMILES string of the molecule is CCOc1nn2c(=N)n(CC(=O)c3cc(OCCCO)c(OC)c(C(C)(C)C)c3)nc2c(C)c1CC.Cl. The molecule has 2 heterocycles. The molecule has 0 amide bonds. The van der Waals surface area contributed by atoms with Gasteiger partial charge in [-0.15, -0.1) is 22.6 Å². The second-order valence-electron chi connectivity index (χ2n) is 9.57. The maximum absolute atomic E-state index is 13.4. The largest absolute Gasteiger partial charge is 0.493 e. The van der Waals surface area contributed by atoms with Crippen LogP contribution in [0.15, 0.2) is 12.1 Å². The number of aliphatic hydroxyl groups excluding tert-OH is 1. The summed E-state index contributed by atoms with van der Waals surface area (Å²) in [6, 6.07) is 3.46. The number of hydrogen-bond acceptors (Lipinski definition) is 8. The highest BCUT2D eigenvalue weighted by Gasteiger charge is 2.26. The molecule has 0 atom stereocenters. The molecule has 3 aromatic rings. The van der Waals surface area contributed by atoms with Gasteiger partial charge in [0, 0.05) is 35.3 Å². The van der Waals surface area contributed by atoms with Crippen LogP contribution in [0.25, 0.3) is 5.65 Å². The fourth-order valence-electron chi connectivity index (χ4n) is 4.08. The van der Waals surface area contributed by atoms with E-state index in [4.69, 9.17) is 24.7 Å². The van der Waals surface area contributed by atoms with E-state index in [0.717, 1.165) is 16.7 Å². The number of fused-ring (bicyclic) bond motifs is 1. The minimum atomic E-state index is -0.319. The van der Waals surface area contributed by atoms with Crippen LogP contribution in [0.4, 0.5) is 0 Å². The van der Waals surface area contributed by atoms with E-state index in [1.165, 1.54) is 9.20 Å². The lowest BCUT2D eigenvalue weighted by Crippen LogP contribution is -2.27. The van der Waals surface area contributed by atoms with Gasteiger partial charge in [-0.25, -0.2) is 4.68 Å². The van der Waals surface area contributed by atoms with E-state index in [1.54, 1.807) is 13.2 Å². The van der Waals surface area contributed by atoms with Crippen LogP contribution >= 0.6 is 12.4 Å². The first-order valence-corrected chi connectivity index (χ1v) is 12.2. The van der Waals surface area contributed by atoms with Gasteiger partial charge in [0.2, 0.25) is 11.5 Å². The lowest BCUT2D eigenvalue weighted by molar-refractivity contribution is 0.0964. The van der Waals surface area contributed by atoms with E-state index < -0.39 is 0 Å². The Hall–Kier alpha value is -3.11. The summed E-state index contributed by atoms with van der Waals surface area (Å²) in [6.45, 7) is 12.5. The van der Waals surface area contributed by atoms with Crippen molar-refractivity contribution in [1.82, 2.24) is 19.4 Å². The fourth-order valence-corrected chi connectivity index (χ4v) is 4.08. The molecule has 0 fully saturated rings. The summed E-state index contributed by atoms with van der Waals surface area (Å²) in [5.74, 6) is 1.26. The zero-order valence-corrected chi connectivity index (χ0v) is 23.5. The summed E-state index contributed by atoms with van der Waals surface area (Å²) in [7, 11) is 1.57. The topological polar surface area (TPSA) is 124 Å². The molecule has 37 heavy (non-hydrogen) atoms. The van der Waals surface area contributed by atoms with E-state index in [0.29, 0.717) is 54.6 Å². The van der Waals surface area contributed by atoms with E-state index in [-0.39, 0.29) is 42.4 Å². The lowest BCUT2D eigenvalue weighted by Gasteiger charge is -2.25. The predicted molar refractivity (Wildman–Crippen MR) is 143 cm³/mol. The van der Waals surface area contributed by atoms with Crippen LogP contribution in [-0.2, 0) is 18.4 Å². The quantitative estimate of drug-likeness (QED) is 0.283. The predicted octanol–water partition coefficient (Wildman–Crippen LogP) is 3.65. The van der Waals surface area contributed by atoms with E-state index >= 15 is 0 Å². The molecule has 0 radical (unpaired) electrons. The first-order chi connectivity index (χ1) is 17.1. The monoisotopic (exact) mass is 535 g/mol. The third-order valence-corrected chi connectivity index (χ3v) is 5.98. The third-order valence-electron chi connectivity index (χ3n) is 5.98. The van der Waals surface area contributed by atoms with Crippen LogP contribution in [0.5, 0.6) is 17.4 Å². The molecule has 0 unspecified atom stereocenters. The maximum atomic E-state index is 13.4. The van der Waals surface area contributed by atoms with Crippen LogP contribution in [0.3, 0.4) is 0 Å². The highest BCUT2D eigenvalue weighted by atomic mass is 35.5. The second kappa shape index (κ2) is 12.4. The van der Waals surface area contributed by atoms with Crippen LogP contribution in [0, 0.1) is 12.3 Å². The number of aromatic nitrogens is 4. The van der Waals surface area contributed by atoms with Crippen LogP contribution in [-0.4, -0.2) is 57.2 Å². The molecule has 0 aliphatic carbocycles. The number of Topliss-reactive ketones (excluding diaryl/α,β-unsaturated/α-hetero) is 1. The highest BCUT2D eigenvalue weighted by Crippen LogP contribution is 2.40. The highest BCUT2D eigenvalue weighted by molar-refractivity contribution is 5.97. The van der Waals surface area contributed by atoms with Gasteiger partial charge in [0.15, 0.2) is 22.9 Å². The molecular weight excluding hydrogens is 498 g/mol. The van der Waals surface area contributed by atoms with Crippen molar-refractivity contribution >= 4 is 23.8 Å². The molecule has 10 nitrogen and oxygen atoms in total. The normalized spacial score (nSPS) is 11.4. The number of ketones is 1. The Bertz CT molecular complexity index is 1310. The van der Waals surface area contributed by atoms with Gasteiger partial charge in [0.1, 0.15) is 6.54 Å². The van der Waals surface area contributed by atoms with Gasteiger partial charge in [0.05, 0.1) is 20.3 Å². The number of nitrogens with zero attached hydrogens (tertiary/aromatic N) is 4. The number of hydrogen-bond donors (Lipinski definition) is 2. The molecule has 1 aromatic carbocycles. The summed E-state index contributed by atoms with van der Waals surface area (Å²) in [4.78, 5) is 13.4. The Morgan fingerprint density at radius 2 is 1.86 bits per heavy atom. The van der Waals surface area contributed by atoms with Crippen molar-refractivity contribution in [2.45, 2.75) is 66.3 Å². The van der Waals surface area contributed by atoms with Crippen LogP contribution in [0.1, 0.15) is 68.1 Å². The van der Waals surface area contributed by atoms with Gasteiger partial charge in [-0.05, 0) is 37.8 Å². The first kappa shape index (κ1) is 30.1. The number of aryl methyl sites for hydroxylation is 1. The number of carbonyl (C=O) groups is 1. The number of ether oxygens (including phenoxy) is 3. The zero-order valence-electron chi connectivity index (χ0n) is 22.7. The Morgan fingerprint density at radius 1 is 1.16 bits per heavy atom. The molecule has 0 saturated carbocycles. The molecule has 2 N–H and O–H groups in total. The zero-order chi connectivity index (χ0) is 26.6. The maximum Gasteiger partial charge on any atom is 0.242 e. The summed E-state index contributed by atoms with van der Waals surface area (Å²) in [6.07, 6.45) is 1.17. The van der Waals surface area contributed by atoms with E-state index in [9.17, 15) is 4.79 Å². The molecule has 11 heteroatoms. The summed E-state index contributed by atoms with van der Waals surface area (Å²) in [5.41, 5.74) is 3.24. The van der Waals surface area contributed by atoms with Crippen molar-refractivity contribution in [3.63, 3.8) is 0 Å². The molecule has 3 rings (SSSR count). The molecule has 0 aliphatic rings. The average Bonchev–Trinajstić information content (AvgIpc) is 3.14. The molecule has 0 spiro atoms. The van der Waals surface area contributed by atoms with Crippen LogP contribution in [0.2, 0.25) is 0 Å². The minimum absolute atomic E-state index is 0. The van der Waals surface area contributed by atoms with Crippen LogP contribution < -0.4 is 19.8 Å². The number of methoxy groups -OCH3 is 1. The van der Waals surface area contributed by atoms with Gasteiger partial charge >= 0.3 is 0 Å². The first-order valence-electron chi connectivity index (χ1n) is 12.2. The van der Waals surface area contributed by atoms with Crippen molar-refractivity contribution in [3.8, 4) is 17.4 Å². The molecule has 0 aliphatic heterocycles. The minimum Gasteiger partial charge on any atom is -0.493 e. The van der Waals surface area contributed by atoms with Gasteiger partial charge in [-0.2, -0.15) is 4.52 Å². The number of halogens is 1. The molecule has 0 bridgehead atoms. The lowest BCUT2D eigenvalue weighted by atomic mass is 9.84. The van der Waals surface area contributed by atoms with Crippen molar-refractivity contribution in [1.29, 1.82) is 5.41 Å². The van der Waals surface area contributed by atoms with Crippen molar-refractivity contribution < 1.29 is 24.1 Å². The van der Waals surface area contributed by atoms with Crippen molar-refractivity contribution in [2.24, 2.45) is 0 Å². The summed E-state index contributed by atoms with van der Waals surface area (Å²) in [5, 5.41) is 26.8. The third kappa shape index (κ3) is 6.24. The molecule has 0 saturated heterocycles. The van der Waals surface area contributed by atoms with Crippen molar-refractivity contribution in [2.75, 3.05) is 26.9 Å². The Balaban J connectivity index is 0.00000481. The van der Waals surface area contributed by atoms with Gasteiger partial charge < -0.3 is 19.3 Å². The Kier molecular flexibility index (Phi) is 10.1. The number of rotatable bonds is 11. The number of carbonyl (C=O) groups excluding carboxylic acids is 1. The smallest absolute Gasteiger partial charge is 0.242 e. The van der Waals surface area contributed by atoms with E-state index in [1.807, 2.05) is 47.6 Å². The molecule has 2 aromatic heterocycles. The number of aliphatic hydroxyl groups is 1. The average molecular weight is 536 g/mol. The number of nitrogens with one attached hydrogen (secondary N) is 1.